The molecule has 2 aromatic carbocycles. The predicted molar refractivity (Wildman–Crippen MR) is 153 cm³/mol. The van der Waals surface area contributed by atoms with Crippen LogP contribution in [-0.4, -0.2) is 65.2 Å². The number of piperidine rings is 1. The lowest BCUT2D eigenvalue weighted by atomic mass is 10.1. The predicted octanol–water partition coefficient (Wildman–Crippen LogP) is 5.16. The molecular formula is C29H33N5O5S. The molecule has 0 spiro atoms. The maximum atomic E-state index is 13.6. The van der Waals surface area contributed by atoms with E-state index in [-0.39, 0.29) is 17.0 Å². The average molecular weight is 564 g/mol. The van der Waals surface area contributed by atoms with Crippen molar-refractivity contribution in [3.63, 3.8) is 0 Å². The minimum atomic E-state index is -3.87. The van der Waals surface area contributed by atoms with E-state index in [1.54, 1.807) is 59.8 Å². The zero-order valence-electron chi connectivity index (χ0n) is 23.0. The summed E-state index contributed by atoms with van der Waals surface area (Å²) >= 11 is 0. The maximum Gasteiger partial charge on any atom is 0.410 e. The van der Waals surface area contributed by atoms with Gasteiger partial charge in [0.1, 0.15) is 11.3 Å². The van der Waals surface area contributed by atoms with Gasteiger partial charge in [0.25, 0.3) is 10.0 Å². The molecule has 0 saturated carbocycles. The van der Waals surface area contributed by atoms with Gasteiger partial charge in [0.2, 0.25) is 5.95 Å². The Hall–Kier alpha value is -4.12. The minimum Gasteiger partial charge on any atom is -0.493 e. The van der Waals surface area contributed by atoms with E-state index in [1.807, 2.05) is 32.9 Å². The van der Waals surface area contributed by atoms with E-state index in [4.69, 9.17) is 14.5 Å². The zero-order valence-corrected chi connectivity index (χ0v) is 23.8. The van der Waals surface area contributed by atoms with E-state index in [2.05, 4.69) is 10.3 Å². The monoisotopic (exact) mass is 563 g/mol. The van der Waals surface area contributed by atoms with Gasteiger partial charge in [-0.05, 0) is 51.8 Å². The topological polar surface area (TPSA) is 116 Å². The number of amides is 1. The Morgan fingerprint density at radius 2 is 1.80 bits per heavy atom. The SMILES string of the molecule is COc1cnc(N[C@H]2CCCN(C(=O)OC(C)(C)C)C2)nc1-c1cn(S(=O)(=O)c2ccccc2)c2ccccc12. The van der Waals surface area contributed by atoms with Gasteiger partial charge in [0, 0.05) is 36.3 Å². The highest BCUT2D eigenvalue weighted by Crippen LogP contribution is 2.37. The van der Waals surface area contributed by atoms with Gasteiger partial charge in [-0.1, -0.05) is 36.4 Å². The summed E-state index contributed by atoms with van der Waals surface area (Å²) in [5.41, 5.74) is 1.00. The minimum absolute atomic E-state index is 0.0812. The Morgan fingerprint density at radius 1 is 1.07 bits per heavy atom. The number of benzene rings is 2. The summed E-state index contributed by atoms with van der Waals surface area (Å²) in [6.07, 6.45) is 4.44. The van der Waals surface area contributed by atoms with Crippen LogP contribution < -0.4 is 10.1 Å². The van der Waals surface area contributed by atoms with Crippen molar-refractivity contribution in [3.05, 3.63) is 67.0 Å². The molecule has 1 atom stereocenters. The number of anilines is 1. The number of nitrogens with one attached hydrogen (secondary N) is 1. The first-order valence-corrected chi connectivity index (χ1v) is 14.6. The molecule has 11 heteroatoms. The Bertz CT molecular complexity index is 1630. The summed E-state index contributed by atoms with van der Waals surface area (Å²) < 4.78 is 39.6. The van der Waals surface area contributed by atoms with Crippen LogP contribution in [0, 0.1) is 0 Å². The molecule has 40 heavy (non-hydrogen) atoms. The number of hydrogen-bond donors (Lipinski definition) is 1. The molecule has 1 fully saturated rings. The molecule has 0 radical (unpaired) electrons. The van der Waals surface area contributed by atoms with E-state index in [0.29, 0.717) is 46.9 Å². The number of likely N-dealkylation sites (tertiary alicyclic amines) is 1. The van der Waals surface area contributed by atoms with Crippen molar-refractivity contribution in [2.45, 2.75) is 50.2 Å². The summed E-state index contributed by atoms with van der Waals surface area (Å²) in [5.74, 6) is 0.763. The third-order valence-electron chi connectivity index (χ3n) is 6.61. The van der Waals surface area contributed by atoms with Gasteiger partial charge in [0.05, 0.1) is 23.7 Å². The van der Waals surface area contributed by atoms with Crippen molar-refractivity contribution >= 4 is 33.0 Å². The molecule has 3 heterocycles. The van der Waals surface area contributed by atoms with Crippen LogP contribution in [0.4, 0.5) is 10.7 Å². The van der Waals surface area contributed by atoms with Crippen LogP contribution in [0.2, 0.25) is 0 Å². The number of fused-ring (bicyclic) bond motifs is 1. The number of rotatable bonds is 6. The molecule has 4 aromatic rings. The van der Waals surface area contributed by atoms with E-state index in [9.17, 15) is 13.2 Å². The number of para-hydroxylation sites is 1. The van der Waals surface area contributed by atoms with Crippen molar-refractivity contribution in [2.75, 3.05) is 25.5 Å². The van der Waals surface area contributed by atoms with Crippen LogP contribution in [-0.2, 0) is 14.8 Å². The standard InChI is InChI=1S/C29H33N5O5S/c1-29(2,3)39-28(35)33-16-10-11-20(18-33)31-27-30-17-25(38-4)26(32-27)23-19-34(24-15-9-8-14-22(23)24)40(36,37)21-12-6-5-7-13-21/h5-9,12-15,17,19-20H,10-11,16,18H2,1-4H3,(H,30,31,32)/t20-/m0/s1. The molecular weight excluding hydrogens is 530 g/mol. The molecule has 0 unspecified atom stereocenters. The van der Waals surface area contributed by atoms with E-state index in [1.165, 1.54) is 11.1 Å². The highest BCUT2D eigenvalue weighted by molar-refractivity contribution is 7.90. The lowest BCUT2D eigenvalue weighted by Crippen LogP contribution is -2.47. The highest BCUT2D eigenvalue weighted by atomic mass is 32.2. The Morgan fingerprint density at radius 3 is 2.52 bits per heavy atom. The lowest BCUT2D eigenvalue weighted by Gasteiger charge is -2.34. The van der Waals surface area contributed by atoms with Crippen LogP contribution in [0.3, 0.4) is 0 Å². The first-order chi connectivity index (χ1) is 19.1. The number of hydrogen-bond acceptors (Lipinski definition) is 8. The van der Waals surface area contributed by atoms with Gasteiger partial charge in [-0.2, -0.15) is 0 Å². The van der Waals surface area contributed by atoms with Crippen LogP contribution in [0.15, 0.2) is 71.9 Å². The van der Waals surface area contributed by atoms with Crippen LogP contribution in [0.1, 0.15) is 33.6 Å². The summed E-state index contributed by atoms with van der Waals surface area (Å²) in [6, 6.07) is 15.5. The zero-order chi connectivity index (χ0) is 28.5. The summed E-state index contributed by atoms with van der Waals surface area (Å²) in [7, 11) is -2.34. The molecule has 1 aliphatic rings. The third-order valence-corrected chi connectivity index (χ3v) is 8.30. The van der Waals surface area contributed by atoms with Crippen molar-refractivity contribution in [1.29, 1.82) is 0 Å². The van der Waals surface area contributed by atoms with Crippen LogP contribution in [0.25, 0.3) is 22.2 Å². The van der Waals surface area contributed by atoms with Crippen molar-refractivity contribution in [2.24, 2.45) is 0 Å². The van der Waals surface area contributed by atoms with Crippen LogP contribution in [0.5, 0.6) is 5.75 Å². The molecule has 0 bridgehead atoms. The van der Waals surface area contributed by atoms with E-state index < -0.39 is 15.6 Å². The molecule has 1 saturated heterocycles. The Balaban J connectivity index is 1.49. The van der Waals surface area contributed by atoms with Gasteiger partial charge in [-0.3, -0.25) is 0 Å². The van der Waals surface area contributed by atoms with Crippen molar-refractivity contribution in [1.82, 2.24) is 18.8 Å². The molecule has 2 aromatic heterocycles. The number of nitrogens with zero attached hydrogens (tertiary/aromatic N) is 4. The molecule has 1 amide bonds. The van der Waals surface area contributed by atoms with Gasteiger partial charge in [-0.25, -0.2) is 27.2 Å². The molecule has 0 aliphatic carbocycles. The highest BCUT2D eigenvalue weighted by Gasteiger charge is 2.29. The second-order valence-corrected chi connectivity index (χ2v) is 12.5. The fourth-order valence-electron chi connectivity index (χ4n) is 4.80. The first-order valence-electron chi connectivity index (χ1n) is 13.1. The van der Waals surface area contributed by atoms with Crippen LogP contribution >= 0.6 is 0 Å². The van der Waals surface area contributed by atoms with Gasteiger partial charge in [-0.15, -0.1) is 0 Å². The maximum absolute atomic E-state index is 13.6. The molecule has 1 aliphatic heterocycles. The van der Waals surface area contributed by atoms with E-state index in [0.717, 1.165) is 12.8 Å². The van der Waals surface area contributed by atoms with Gasteiger partial charge >= 0.3 is 6.09 Å². The summed E-state index contributed by atoms with van der Waals surface area (Å²) in [6.45, 7) is 6.61. The quantitative estimate of drug-likeness (QED) is 0.342. The van der Waals surface area contributed by atoms with Crippen molar-refractivity contribution in [3.8, 4) is 17.0 Å². The number of aromatic nitrogens is 3. The Labute approximate surface area is 234 Å². The first kappa shape index (κ1) is 27.4. The fourth-order valence-corrected chi connectivity index (χ4v) is 6.19. The number of carbonyl (C=O) groups excluding carboxylic acids is 1. The molecule has 10 nitrogen and oxygen atoms in total. The largest absolute Gasteiger partial charge is 0.493 e. The molecule has 5 rings (SSSR count). The summed E-state index contributed by atoms with van der Waals surface area (Å²) in [5, 5.41) is 4.06. The average Bonchev–Trinajstić information content (AvgIpc) is 3.33. The fraction of sp³-hybridized carbons (Fsp3) is 0.345. The molecule has 1 N–H and O–H groups in total. The van der Waals surface area contributed by atoms with Gasteiger partial charge in [0.15, 0.2) is 5.75 Å². The van der Waals surface area contributed by atoms with Gasteiger partial charge < -0.3 is 19.7 Å². The smallest absolute Gasteiger partial charge is 0.410 e. The number of ether oxygens (including phenoxy) is 2. The normalized spacial score (nSPS) is 16.1. The second kappa shape index (κ2) is 10.8. The number of methoxy groups -OCH3 is 1. The molecule has 210 valence electrons. The lowest BCUT2D eigenvalue weighted by molar-refractivity contribution is 0.0206. The summed E-state index contributed by atoms with van der Waals surface area (Å²) in [4.78, 5) is 23.7. The van der Waals surface area contributed by atoms with Crippen molar-refractivity contribution < 1.29 is 22.7 Å². The number of carbonyl (C=O) groups is 1. The second-order valence-electron chi connectivity index (χ2n) is 10.7. The van der Waals surface area contributed by atoms with E-state index >= 15 is 0 Å². The third kappa shape index (κ3) is 5.60. The Kier molecular flexibility index (Phi) is 7.41.